The maximum atomic E-state index is 12.8. The zero-order chi connectivity index (χ0) is 25.8. The van der Waals surface area contributed by atoms with Crippen molar-refractivity contribution in [2.24, 2.45) is 0 Å². The summed E-state index contributed by atoms with van der Waals surface area (Å²) in [6.45, 7) is 12.7. The molecule has 0 N–H and O–H groups in total. The Bertz CT molecular complexity index is 1100. The molecule has 3 rings (SSSR count). The quantitative estimate of drug-likeness (QED) is 0.490. The summed E-state index contributed by atoms with van der Waals surface area (Å²) < 4.78 is 18.9. The lowest BCUT2D eigenvalue weighted by atomic mass is 9.97. The van der Waals surface area contributed by atoms with Crippen molar-refractivity contribution in [3.05, 3.63) is 41.4 Å². The first-order chi connectivity index (χ1) is 16.5. The maximum absolute atomic E-state index is 12.8. The lowest BCUT2D eigenvalue weighted by Crippen LogP contribution is -2.41. The van der Waals surface area contributed by atoms with Crippen molar-refractivity contribution in [3.63, 3.8) is 0 Å². The molecule has 0 atom stereocenters. The van der Waals surface area contributed by atoms with Gasteiger partial charge >= 0.3 is 6.09 Å². The zero-order valence-corrected chi connectivity index (χ0v) is 21.8. The Balaban J connectivity index is 1.94. The largest absolute Gasteiger partial charge is 0.487 e. The van der Waals surface area contributed by atoms with Crippen LogP contribution >= 0.6 is 0 Å². The summed E-state index contributed by atoms with van der Waals surface area (Å²) >= 11 is 0. The molecule has 1 aliphatic rings. The van der Waals surface area contributed by atoms with Crippen LogP contribution in [0.2, 0.25) is 0 Å². The van der Waals surface area contributed by atoms with E-state index in [-0.39, 0.29) is 24.5 Å². The molecule has 35 heavy (non-hydrogen) atoms. The van der Waals surface area contributed by atoms with Gasteiger partial charge in [-0.15, -0.1) is 0 Å². The fraction of sp³-hybridized carbons (Fsp3) is 0.538. The van der Waals surface area contributed by atoms with E-state index in [1.54, 1.807) is 24.1 Å². The number of ether oxygens (including phenoxy) is 3. The van der Waals surface area contributed by atoms with Gasteiger partial charge in [0.25, 0.3) is 0 Å². The van der Waals surface area contributed by atoms with Crippen LogP contribution in [-0.4, -0.2) is 63.9 Å². The first kappa shape index (κ1) is 26.2. The molecule has 3 heterocycles. The normalized spacial score (nSPS) is 14.3. The highest BCUT2D eigenvalue weighted by atomic mass is 16.6. The highest BCUT2D eigenvalue weighted by molar-refractivity contribution is 5.98. The molecule has 190 valence electrons. The van der Waals surface area contributed by atoms with Gasteiger partial charge in [-0.3, -0.25) is 9.48 Å². The van der Waals surface area contributed by atoms with Crippen molar-refractivity contribution in [2.75, 3.05) is 26.8 Å². The number of carbonyl (C=O) groups is 2. The van der Waals surface area contributed by atoms with Crippen LogP contribution in [0.5, 0.6) is 11.6 Å². The van der Waals surface area contributed by atoms with E-state index in [4.69, 9.17) is 14.2 Å². The molecule has 9 nitrogen and oxygen atoms in total. The summed E-state index contributed by atoms with van der Waals surface area (Å²) in [5.41, 5.74) is 2.81. The van der Waals surface area contributed by atoms with Gasteiger partial charge in [0.2, 0.25) is 5.88 Å². The number of carbonyl (C=O) groups excluding carboxylic acids is 2. The second kappa shape index (κ2) is 10.9. The smallest absolute Gasteiger partial charge is 0.410 e. The Morgan fingerprint density at radius 2 is 1.97 bits per heavy atom. The molecule has 0 spiro atoms. The first-order valence-electron chi connectivity index (χ1n) is 12.0. The molecule has 0 bridgehead atoms. The van der Waals surface area contributed by atoms with Gasteiger partial charge in [0.15, 0.2) is 5.78 Å². The summed E-state index contributed by atoms with van der Waals surface area (Å²) in [4.78, 5) is 31.3. The van der Waals surface area contributed by atoms with Crippen LogP contribution < -0.4 is 9.47 Å². The van der Waals surface area contributed by atoms with Gasteiger partial charge in [0.05, 0.1) is 31.1 Å². The Labute approximate surface area is 207 Å². The number of nitrogens with zero attached hydrogens (tertiary/aromatic N) is 4. The minimum absolute atomic E-state index is 0.0486. The van der Waals surface area contributed by atoms with Crippen molar-refractivity contribution in [2.45, 2.75) is 66.0 Å². The van der Waals surface area contributed by atoms with Gasteiger partial charge < -0.3 is 19.1 Å². The average molecular weight is 485 g/mol. The third-order valence-corrected chi connectivity index (χ3v) is 5.65. The lowest BCUT2D eigenvalue weighted by Gasteiger charge is -2.33. The SMILES string of the molecule is CCC(=O)c1cc(OC)ncc1OCC1=C(c2ccnn2C(C)C)CN(C(=O)OC(C)(C)C)CC1. The summed E-state index contributed by atoms with van der Waals surface area (Å²) in [6.07, 6.45) is 3.89. The van der Waals surface area contributed by atoms with Gasteiger partial charge in [0.1, 0.15) is 18.0 Å². The van der Waals surface area contributed by atoms with Crippen LogP contribution in [0.4, 0.5) is 4.79 Å². The van der Waals surface area contributed by atoms with E-state index in [0.29, 0.717) is 43.1 Å². The van der Waals surface area contributed by atoms with Crippen molar-refractivity contribution in [3.8, 4) is 11.6 Å². The lowest BCUT2D eigenvalue weighted by molar-refractivity contribution is 0.0268. The highest BCUT2D eigenvalue weighted by Gasteiger charge is 2.29. The molecule has 0 aromatic carbocycles. The van der Waals surface area contributed by atoms with Gasteiger partial charge in [-0.1, -0.05) is 6.92 Å². The molecular formula is C26H36N4O5. The predicted octanol–water partition coefficient (Wildman–Crippen LogP) is 4.93. The van der Waals surface area contributed by atoms with E-state index in [2.05, 4.69) is 23.9 Å². The van der Waals surface area contributed by atoms with Crippen molar-refractivity contribution in [1.29, 1.82) is 0 Å². The molecule has 0 radical (unpaired) electrons. The van der Waals surface area contributed by atoms with Crippen LogP contribution in [-0.2, 0) is 4.74 Å². The van der Waals surface area contributed by atoms with E-state index in [0.717, 1.165) is 16.8 Å². The van der Waals surface area contributed by atoms with E-state index < -0.39 is 5.60 Å². The monoisotopic (exact) mass is 484 g/mol. The number of hydrogen-bond acceptors (Lipinski definition) is 7. The minimum Gasteiger partial charge on any atom is -0.487 e. The van der Waals surface area contributed by atoms with Crippen molar-refractivity contribution in [1.82, 2.24) is 19.7 Å². The van der Waals surface area contributed by atoms with Crippen LogP contribution in [0.3, 0.4) is 0 Å². The highest BCUT2D eigenvalue weighted by Crippen LogP contribution is 2.31. The molecule has 0 unspecified atom stereocenters. The molecule has 0 fully saturated rings. The number of aromatic nitrogens is 3. The molecule has 0 saturated carbocycles. The second-order valence-electron chi connectivity index (χ2n) is 9.78. The third kappa shape index (κ3) is 6.41. The molecular weight excluding hydrogens is 448 g/mol. The fourth-order valence-corrected chi connectivity index (χ4v) is 3.89. The molecule has 2 aromatic rings. The minimum atomic E-state index is -0.576. The van der Waals surface area contributed by atoms with Crippen LogP contribution in [0.15, 0.2) is 30.1 Å². The first-order valence-corrected chi connectivity index (χ1v) is 12.0. The van der Waals surface area contributed by atoms with Gasteiger partial charge in [-0.25, -0.2) is 9.78 Å². The van der Waals surface area contributed by atoms with Gasteiger partial charge in [-0.2, -0.15) is 5.10 Å². The van der Waals surface area contributed by atoms with E-state index in [9.17, 15) is 9.59 Å². The number of ketones is 1. The zero-order valence-electron chi connectivity index (χ0n) is 21.8. The summed E-state index contributed by atoms with van der Waals surface area (Å²) in [7, 11) is 1.51. The van der Waals surface area contributed by atoms with E-state index in [1.165, 1.54) is 13.3 Å². The van der Waals surface area contributed by atoms with Crippen LogP contribution in [0, 0.1) is 0 Å². The molecule has 1 aliphatic heterocycles. The number of methoxy groups -OCH3 is 1. The number of hydrogen-bond donors (Lipinski definition) is 0. The van der Waals surface area contributed by atoms with E-state index in [1.807, 2.05) is 31.5 Å². The average Bonchev–Trinajstić information content (AvgIpc) is 3.31. The molecule has 0 aliphatic carbocycles. The number of rotatable bonds is 8. The predicted molar refractivity (Wildman–Crippen MR) is 133 cm³/mol. The number of pyridine rings is 1. The Morgan fingerprint density at radius 1 is 1.23 bits per heavy atom. The number of Topliss-reactive ketones (excluding diaryl/α,β-unsaturated/α-hetero) is 1. The standard InChI is InChI=1S/C26H36N4O5/c1-8-22(31)19-13-24(33-7)27-14-23(19)34-16-18-10-12-29(25(32)35-26(4,5)6)15-20(18)21-9-11-28-30(21)17(2)3/h9,11,13-14,17H,8,10,12,15-16H2,1-7H3. The fourth-order valence-electron chi connectivity index (χ4n) is 3.89. The Morgan fingerprint density at radius 3 is 2.60 bits per heavy atom. The maximum Gasteiger partial charge on any atom is 0.410 e. The summed E-state index contributed by atoms with van der Waals surface area (Å²) in [5.74, 6) is 0.726. The van der Waals surface area contributed by atoms with Crippen LogP contribution in [0.1, 0.15) is 76.5 Å². The molecule has 1 amide bonds. The van der Waals surface area contributed by atoms with Crippen molar-refractivity contribution < 1.29 is 23.8 Å². The van der Waals surface area contributed by atoms with E-state index >= 15 is 0 Å². The third-order valence-electron chi connectivity index (χ3n) is 5.65. The van der Waals surface area contributed by atoms with Gasteiger partial charge in [0, 0.05) is 31.3 Å². The van der Waals surface area contributed by atoms with Gasteiger partial charge in [-0.05, 0) is 58.3 Å². The number of amides is 1. The molecule has 9 heteroatoms. The molecule has 2 aromatic heterocycles. The second-order valence-corrected chi connectivity index (χ2v) is 9.78. The van der Waals surface area contributed by atoms with Crippen molar-refractivity contribution >= 4 is 17.4 Å². The summed E-state index contributed by atoms with van der Waals surface area (Å²) in [5, 5.41) is 4.48. The van der Waals surface area contributed by atoms with Crippen LogP contribution in [0.25, 0.3) is 5.57 Å². The Hall–Kier alpha value is -3.36. The topological polar surface area (TPSA) is 95.8 Å². The molecule has 0 saturated heterocycles. The summed E-state index contributed by atoms with van der Waals surface area (Å²) in [6, 6.07) is 3.70. The Kier molecular flexibility index (Phi) is 8.19.